The molecule has 6 aromatic rings. The fourth-order valence-electron chi connectivity index (χ4n) is 6.74. The van der Waals surface area contributed by atoms with Gasteiger partial charge in [-0.15, -0.1) is 0 Å². The van der Waals surface area contributed by atoms with Crippen LogP contribution in [0.5, 0.6) is 0 Å². The first kappa shape index (κ1) is 23.7. The molecule has 2 aromatic heterocycles. The minimum Gasteiger partial charge on any atom is -0.309 e. The van der Waals surface area contributed by atoms with Gasteiger partial charge in [-0.1, -0.05) is 78.5 Å². The molecule has 0 fully saturated rings. The van der Waals surface area contributed by atoms with E-state index in [9.17, 15) is 0 Å². The fraction of sp³-hybridized carbons (Fsp3) is 0.0526. The second-order valence-electron chi connectivity index (χ2n) is 11.0. The molecule has 0 saturated carbocycles. The molecule has 0 spiro atoms. The number of nitrogens with zero attached hydrogens (tertiary/aromatic N) is 3. The molecule has 42 heavy (non-hydrogen) atoms. The van der Waals surface area contributed by atoms with Gasteiger partial charge in [-0.25, -0.2) is 9.97 Å². The zero-order valence-electron chi connectivity index (χ0n) is 22.7. The molecule has 1 unspecified atom stereocenters. The third-order valence-electron chi connectivity index (χ3n) is 8.67. The van der Waals surface area contributed by atoms with Crippen molar-refractivity contribution in [2.75, 3.05) is 0 Å². The van der Waals surface area contributed by atoms with E-state index < -0.39 is 0 Å². The number of aromatic nitrogens is 3. The van der Waals surface area contributed by atoms with Gasteiger partial charge in [-0.3, -0.25) is 0 Å². The van der Waals surface area contributed by atoms with Crippen LogP contribution in [0.2, 0.25) is 0 Å². The molecule has 3 aliphatic rings. The first-order valence-electron chi connectivity index (χ1n) is 14.3. The van der Waals surface area contributed by atoms with E-state index in [4.69, 9.17) is 0 Å². The lowest BCUT2D eigenvalue weighted by Crippen LogP contribution is -2.13. The fourth-order valence-corrected chi connectivity index (χ4v) is 7.91. The summed E-state index contributed by atoms with van der Waals surface area (Å²) in [4.78, 5) is 11.3. The largest absolute Gasteiger partial charge is 0.309 e. The standard InChI is InChI=1S/C38H25N3S/c1-2-12-34-29(10-1)31-21-25(14-16-35(31)41(34)28-9-3-8-27(20-28)33-18-19-39-23-40-33)26-15-17-36-32(22-26)30-11-4-6-24-7-5-13-37(42-36)38(24)30/h1-5,7-24H,6H2. The van der Waals surface area contributed by atoms with Gasteiger partial charge < -0.3 is 4.57 Å². The smallest absolute Gasteiger partial charge is 0.116 e. The molecule has 4 heteroatoms. The monoisotopic (exact) mass is 555 g/mol. The predicted octanol–water partition coefficient (Wildman–Crippen LogP) is 9.80. The van der Waals surface area contributed by atoms with Crippen LogP contribution in [0.25, 0.3) is 55.5 Å². The van der Waals surface area contributed by atoms with Crippen molar-refractivity contribution < 1.29 is 0 Å². The van der Waals surface area contributed by atoms with E-state index in [0.29, 0.717) is 5.92 Å². The third-order valence-corrected chi connectivity index (χ3v) is 9.82. The Balaban J connectivity index is 1.20. The minimum absolute atomic E-state index is 0.490. The van der Waals surface area contributed by atoms with Crippen molar-refractivity contribution in [3.63, 3.8) is 0 Å². The Morgan fingerprint density at radius 2 is 1.69 bits per heavy atom. The van der Waals surface area contributed by atoms with Crippen molar-refractivity contribution in [1.82, 2.24) is 14.5 Å². The molecule has 2 aliphatic carbocycles. The van der Waals surface area contributed by atoms with E-state index in [0.717, 1.165) is 23.4 Å². The Kier molecular flexibility index (Phi) is 5.26. The highest BCUT2D eigenvalue weighted by Crippen LogP contribution is 2.52. The molecule has 0 radical (unpaired) electrons. The van der Waals surface area contributed by atoms with Crippen LogP contribution in [-0.2, 0) is 0 Å². The maximum Gasteiger partial charge on any atom is 0.116 e. The van der Waals surface area contributed by atoms with E-state index in [1.165, 1.54) is 59.4 Å². The number of hydrogen-bond acceptors (Lipinski definition) is 3. The Hall–Kier alpha value is -4.93. The molecule has 4 aromatic carbocycles. The summed E-state index contributed by atoms with van der Waals surface area (Å²) in [7, 11) is 0. The molecule has 1 aliphatic heterocycles. The predicted molar refractivity (Wildman–Crippen MR) is 174 cm³/mol. The summed E-state index contributed by atoms with van der Waals surface area (Å²) in [5.41, 5.74) is 12.2. The molecule has 9 rings (SSSR count). The SMILES string of the molecule is C1=CC2CC=CC3=C2C(=C1)Sc1ccc(-c2ccc4c(c2)c2ccccc2n4-c2cccc(-c4ccncn4)c2)cc13. The molecule has 0 amide bonds. The molecular weight excluding hydrogens is 531 g/mol. The second-order valence-corrected chi connectivity index (χ2v) is 12.1. The Morgan fingerprint density at radius 3 is 2.64 bits per heavy atom. The van der Waals surface area contributed by atoms with E-state index in [1.807, 2.05) is 17.8 Å². The Morgan fingerprint density at radius 1 is 0.786 bits per heavy atom. The molecular formula is C38H25N3S. The summed E-state index contributed by atoms with van der Waals surface area (Å²) in [5, 5.41) is 2.51. The molecule has 3 nitrogen and oxygen atoms in total. The summed E-state index contributed by atoms with van der Waals surface area (Å²) in [6.07, 6.45) is 16.0. The van der Waals surface area contributed by atoms with Crippen LogP contribution >= 0.6 is 11.8 Å². The van der Waals surface area contributed by atoms with Crippen LogP contribution in [0.1, 0.15) is 12.0 Å². The van der Waals surface area contributed by atoms with Crippen LogP contribution in [0.3, 0.4) is 0 Å². The number of fused-ring (bicyclic) bond motifs is 5. The number of rotatable bonds is 3. The van der Waals surface area contributed by atoms with Crippen molar-refractivity contribution in [3.05, 3.63) is 150 Å². The molecule has 0 bridgehead atoms. The van der Waals surface area contributed by atoms with Crippen LogP contribution < -0.4 is 0 Å². The van der Waals surface area contributed by atoms with Gasteiger partial charge in [-0.2, -0.15) is 0 Å². The summed E-state index contributed by atoms with van der Waals surface area (Å²) < 4.78 is 2.37. The number of hydrogen-bond donors (Lipinski definition) is 0. The zero-order valence-corrected chi connectivity index (χ0v) is 23.6. The molecule has 3 heterocycles. The first-order valence-corrected chi connectivity index (χ1v) is 15.2. The van der Waals surface area contributed by atoms with Gasteiger partial charge in [0.05, 0.1) is 16.7 Å². The summed E-state index contributed by atoms with van der Waals surface area (Å²) in [6, 6.07) is 33.2. The van der Waals surface area contributed by atoms with Gasteiger partial charge in [-0.05, 0) is 88.9 Å². The molecule has 0 N–H and O–H groups in total. The highest BCUT2D eigenvalue weighted by molar-refractivity contribution is 8.03. The average molecular weight is 556 g/mol. The van der Waals surface area contributed by atoms with E-state index in [-0.39, 0.29) is 0 Å². The average Bonchev–Trinajstić information content (AvgIpc) is 3.39. The minimum atomic E-state index is 0.490. The van der Waals surface area contributed by atoms with Gasteiger partial charge in [0.15, 0.2) is 0 Å². The van der Waals surface area contributed by atoms with Crippen molar-refractivity contribution >= 4 is 39.1 Å². The summed E-state index contributed by atoms with van der Waals surface area (Å²) in [6.45, 7) is 0. The third kappa shape index (κ3) is 3.62. The molecule has 1 atom stereocenters. The van der Waals surface area contributed by atoms with Crippen LogP contribution in [0.15, 0.2) is 149 Å². The summed E-state index contributed by atoms with van der Waals surface area (Å²) in [5.74, 6) is 0.490. The van der Waals surface area contributed by atoms with Crippen LogP contribution in [0.4, 0.5) is 0 Å². The lowest BCUT2D eigenvalue weighted by atomic mass is 9.81. The van der Waals surface area contributed by atoms with Crippen molar-refractivity contribution in [2.24, 2.45) is 5.92 Å². The van der Waals surface area contributed by atoms with Crippen molar-refractivity contribution in [3.8, 4) is 28.1 Å². The Bertz CT molecular complexity index is 2200. The Labute approximate surface area is 248 Å². The highest BCUT2D eigenvalue weighted by atomic mass is 32.2. The van der Waals surface area contributed by atoms with Crippen LogP contribution in [0, 0.1) is 5.92 Å². The van der Waals surface area contributed by atoms with Crippen molar-refractivity contribution in [1.29, 1.82) is 0 Å². The van der Waals surface area contributed by atoms with Gasteiger partial charge >= 0.3 is 0 Å². The lowest BCUT2D eigenvalue weighted by molar-refractivity contribution is 0.779. The van der Waals surface area contributed by atoms with Crippen molar-refractivity contribution in [2.45, 2.75) is 11.3 Å². The van der Waals surface area contributed by atoms with Gasteiger partial charge in [0.2, 0.25) is 0 Å². The van der Waals surface area contributed by atoms with Gasteiger partial charge in [0.1, 0.15) is 6.33 Å². The maximum atomic E-state index is 4.48. The number of thioether (sulfide) groups is 1. The number of para-hydroxylation sites is 1. The van der Waals surface area contributed by atoms with E-state index in [2.05, 4.69) is 130 Å². The quantitative estimate of drug-likeness (QED) is 0.218. The van der Waals surface area contributed by atoms with E-state index in [1.54, 1.807) is 12.5 Å². The lowest BCUT2D eigenvalue weighted by Gasteiger charge is -2.32. The number of benzene rings is 4. The highest BCUT2D eigenvalue weighted by Gasteiger charge is 2.30. The zero-order chi connectivity index (χ0) is 27.6. The molecule has 0 saturated heterocycles. The first-order chi connectivity index (χ1) is 20.8. The maximum absolute atomic E-state index is 4.48. The normalized spacial score (nSPS) is 17.0. The van der Waals surface area contributed by atoms with Crippen LogP contribution in [-0.4, -0.2) is 14.5 Å². The number of allylic oxidation sites excluding steroid dienone is 7. The van der Waals surface area contributed by atoms with Gasteiger partial charge in [0, 0.05) is 43.9 Å². The molecule has 198 valence electrons. The van der Waals surface area contributed by atoms with Gasteiger partial charge in [0.25, 0.3) is 0 Å². The second kappa shape index (κ2) is 9.30. The summed E-state index contributed by atoms with van der Waals surface area (Å²) >= 11 is 1.91. The topological polar surface area (TPSA) is 30.7 Å². The van der Waals surface area contributed by atoms with E-state index >= 15 is 0 Å².